The number of nitrogens with zero attached hydrogens (tertiary/aromatic N) is 9. The van der Waals surface area contributed by atoms with Crippen molar-refractivity contribution in [2.45, 2.75) is 32.5 Å². The lowest BCUT2D eigenvalue weighted by atomic mass is 10.1. The maximum atomic E-state index is 14.0. The number of tetrazole rings is 1. The summed E-state index contributed by atoms with van der Waals surface area (Å²) in [7, 11) is 0. The first-order chi connectivity index (χ1) is 22.0. The van der Waals surface area contributed by atoms with E-state index in [-0.39, 0.29) is 55.0 Å². The molecule has 0 aliphatic carbocycles. The highest BCUT2D eigenvalue weighted by atomic mass is 35.5. The average Bonchev–Trinajstić information content (AvgIpc) is 3.75. The number of benzene rings is 1. The SMILES string of the molecule is CCc1c(N2CCN(C(=O)c3nn[nH]n3)CC2)c(=O)n2nc(C3=CCOCC3)nc2n1CC(=O)Nc1ccc(C(F)(F)F)cc1Cl. The Hall–Kier alpha value is -4.84. The van der Waals surface area contributed by atoms with Gasteiger partial charge < -0.3 is 24.4 Å². The van der Waals surface area contributed by atoms with E-state index in [1.807, 2.05) is 17.9 Å². The van der Waals surface area contributed by atoms with Crippen LogP contribution in [0.3, 0.4) is 0 Å². The third kappa shape index (κ3) is 6.04. The van der Waals surface area contributed by atoms with E-state index in [4.69, 9.17) is 16.3 Å². The van der Waals surface area contributed by atoms with Gasteiger partial charge in [0, 0.05) is 26.2 Å². The van der Waals surface area contributed by atoms with E-state index >= 15 is 0 Å². The zero-order valence-corrected chi connectivity index (χ0v) is 25.1. The molecular weight excluding hydrogens is 635 g/mol. The van der Waals surface area contributed by atoms with Crippen LogP contribution in [0.25, 0.3) is 11.4 Å². The number of rotatable bonds is 7. The molecule has 2 amide bonds. The molecule has 2 N–H and O–H groups in total. The molecule has 19 heteroatoms. The van der Waals surface area contributed by atoms with E-state index in [1.165, 1.54) is 0 Å². The summed E-state index contributed by atoms with van der Waals surface area (Å²) in [5, 5.41) is 20.0. The van der Waals surface area contributed by atoms with Crippen LogP contribution in [0, 0.1) is 0 Å². The predicted molar refractivity (Wildman–Crippen MR) is 157 cm³/mol. The van der Waals surface area contributed by atoms with Gasteiger partial charge in [0.15, 0.2) is 5.82 Å². The number of fused-ring (bicyclic) bond motifs is 1. The number of hydrogen-bond donors (Lipinski definition) is 2. The van der Waals surface area contributed by atoms with E-state index in [0.29, 0.717) is 43.3 Å². The van der Waals surface area contributed by atoms with Crippen LogP contribution in [0.2, 0.25) is 5.02 Å². The van der Waals surface area contributed by atoms with Gasteiger partial charge in [-0.1, -0.05) is 24.6 Å². The Balaban J connectivity index is 1.36. The summed E-state index contributed by atoms with van der Waals surface area (Å²) in [4.78, 5) is 48.2. The quantitative estimate of drug-likeness (QED) is 0.299. The molecule has 242 valence electrons. The first-order valence-corrected chi connectivity index (χ1v) is 14.7. The molecule has 0 unspecified atom stereocenters. The highest BCUT2D eigenvalue weighted by Crippen LogP contribution is 2.34. The van der Waals surface area contributed by atoms with Crippen molar-refractivity contribution in [1.82, 2.24) is 44.7 Å². The molecule has 2 aliphatic heterocycles. The van der Waals surface area contributed by atoms with Crippen molar-refractivity contribution in [2.24, 2.45) is 0 Å². The van der Waals surface area contributed by atoms with Gasteiger partial charge >= 0.3 is 6.18 Å². The third-order valence-electron chi connectivity index (χ3n) is 7.70. The number of anilines is 2. The Labute approximate surface area is 263 Å². The lowest BCUT2D eigenvalue weighted by Crippen LogP contribution is -2.51. The molecule has 15 nitrogen and oxygen atoms in total. The number of alkyl halides is 3. The summed E-state index contributed by atoms with van der Waals surface area (Å²) < 4.78 is 47.5. The molecule has 2 aliphatic rings. The predicted octanol–water partition coefficient (Wildman–Crippen LogP) is 2.04. The van der Waals surface area contributed by atoms with E-state index in [0.717, 1.165) is 28.3 Å². The van der Waals surface area contributed by atoms with Gasteiger partial charge in [0.2, 0.25) is 11.7 Å². The molecule has 0 saturated carbocycles. The van der Waals surface area contributed by atoms with Gasteiger partial charge in [-0.15, -0.1) is 15.3 Å². The standard InChI is InChI=1S/C27H27ClF3N11O4/c1-2-19-21(39-7-9-40(10-8-39)25(45)23-34-37-38-35-23)24(44)42-26(33-22(36-42)15-5-11-46-12-6-15)41(19)14-20(43)32-18-4-3-16(13-17(18)28)27(29,30)31/h3-5,13H,2,6-12,14H2,1H3,(H,32,43)(H,34,35,37,38). The van der Waals surface area contributed by atoms with Gasteiger partial charge in [0.25, 0.3) is 17.3 Å². The third-order valence-corrected chi connectivity index (χ3v) is 8.02. The van der Waals surface area contributed by atoms with Crippen molar-refractivity contribution in [3.63, 3.8) is 0 Å². The topological polar surface area (TPSA) is 169 Å². The molecule has 0 spiro atoms. The molecule has 5 heterocycles. The van der Waals surface area contributed by atoms with Gasteiger partial charge in [-0.25, -0.2) is 0 Å². The van der Waals surface area contributed by atoms with Gasteiger partial charge in [-0.3, -0.25) is 14.4 Å². The molecule has 1 saturated heterocycles. The number of amides is 2. The monoisotopic (exact) mass is 661 g/mol. The van der Waals surface area contributed by atoms with E-state index < -0.39 is 29.1 Å². The highest BCUT2D eigenvalue weighted by molar-refractivity contribution is 6.33. The first-order valence-electron chi connectivity index (χ1n) is 14.3. The van der Waals surface area contributed by atoms with Crippen molar-refractivity contribution in [3.8, 4) is 0 Å². The number of H-pyrrole nitrogens is 1. The molecule has 3 aromatic heterocycles. The normalized spacial score (nSPS) is 15.7. The fourth-order valence-electron chi connectivity index (χ4n) is 5.45. The number of carbonyl (C=O) groups excluding carboxylic acids is 2. The van der Waals surface area contributed by atoms with Crippen LogP contribution in [-0.4, -0.2) is 95.9 Å². The molecule has 0 radical (unpaired) electrons. The molecule has 0 atom stereocenters. The number of halogens is 4. The summed E-state index contributed by atoms with van der Waals surface area (Å²) >= 11 is 6.09. The van der Waals surface area contributed by atoms with Crippen molar-refractivity contribution in [2.75, 3.05) is 49.6 Å². The van der Waals surface area contributed by atoms with Crippen molar-refractivity contribution >= 4 is 46.1 Å². The first kappa shape index (κ1) is 31.2. The second kappa shape index (κ2) is 12.5. The van der Waals surface area contributed by atoms with Gasteiger partial charge in [-0.2, -0.15) is 27.9 Å². The summed E-state index contributed by atoms with van der Waals surface area (Å²) in [6, 6.07) is 2.64. The van der Waals surface area contributed by atoms with Crippen LogP contribution < -0.4 is 15.8 Å². The second-order valence-electron chi connectivity index (χ2n) is 10.5. The maximum absolute atomic E-state index is 14.0. The van der Waals surface area contributed by atoms with Gasteiger partial charge in [0.05, 0.1) is 35.2 Å². The fraction of sp³-hybridized carbons (Fsp3) is 0.407. The minimum atomic E-state index is -4.60. The van der Waals surface area contributed by atoms with Crippen LogP contribution >= 0.6 is 11.6 Å². The molecule has 4 aromatic rings. The lowest BCUT2D eigenvalue weighted by molar-refractivity contribution is -0.137. The Morgan fingerprint density at radius 1 is 1.17 bits per heavy atom. The van der Waals surface area contributed by atoms with Crippen LogP contribution in [0.5, 0.6) is 0 Å². The van der Waals surface area contributed by atoms with Crippen LogP contribution in [0.15, 0.2) is 29.1 Å². The van der Waals surface area contributed by atoms with E-state index in [1.54, 1.807) is 9.47 Å². The second-order valence-corrected chi connectivity index (χ2v) is 10.9. The molecule has 0 bridgehead atoms. The molecule has 1 aromatic carbocycles. The number of hydrogen-bond acceptors (Lipinski definition) is 10. The minimum absolute atomic E-state index is 0.00749. The van der Waals surface area contributed by atoms with Crippen molar-refractivity contribution in [1.29, 1.82) is 0 Å². The van der Waals surface area contributed by atoms with Gasteiger partial charge in [-0.05, 0) is 41.8 Å². The Morgan fingerprint density at radius 3 is 2.59 bits per heavy atom. The van der Waals surface area contributed by atoms with Crippen molar-refractivity contribution in [3.05, 3.63) is 62.6 Å². The molecule has 1 fully saturated rings. The average molecular weight is 662 g/mol. The number of piperazine rings is 1. The number of nitrogens with one attached hydrogen (secondary N) is 2. The van der Waals surface area contributed by atoms with Crippen LogP contribution in [-0.2, 0) is 28.7 Å². The zero-order valence-electron chi connectivity index (χ0n) is 24.3. The summed E-state index contributed by atoms with van der Waals surface area (Å²) in [6.07, 6.45) is -1.93. The Bertz CT molecular complexity index is 1880. The summed E-state index contributed by atoms with van der Waals surface area (Å²) in [6.45, 7) is 3.39. The van der Waals surface area contributed by atoms with E-state index in [9.17, 15) is 27.6 Å². The largest absolute Gasteiger partial charge is 0.416 e. The number of aromatic amines is 1. The van der Waals surface area contributed by atoms with E-state index in [2.05, 4.69) is 36.0 Å². The zero-order chi connectivity index (χ0) is 32.6. The lowest BCUT2D eigenvalue weighted by Gasteiger charge is -2.36. The summed E-state index contributed by atoms with van der Waals surface area (Å²) in [5.41, 5.74) is 0.164. The van der Waals surface area contributed by atoms with Crippen LogP contribution in [0.4, 0.5) is 24.5 Å². The molecule has 46 heavy (non-hydrogen) atoms. The summed E-state index contributed by atoms with van der Waals surface area (Å²) in [5.74, 6) is -0.648. The smallest absolute Gasteiger partial charge is 0.377 e. The maximum Gasteiger partial charge on any atom is 0.416 e. The van der Waals surface area contributed by atoms with Gasteiger partial charge in [0.1, 0.15) is 12.2 Å². The molecular formula is C27H27ClF3N11O4. The Morgan fingerprint density at radius 2 is 1.96 bits per heavy atom. The number of carbonyl (C=O) groups is 2. The minimum Gasteiger partial charge on any atom is -0.377 e. The fourth-order valence-corrected chi connectivity index (χ4v) is 5.68. The van der Waals surface area contributed by atoms with Crippen molar-refractivity contribution < 1.29 is 27.5 Å². The van der Waals surface area contributed by atoms with Crippen LogP contribution in [0.1, 0.15) is 41.0 Å². The molecule has 6 rings (SSSR count). The number of aromatic nitrogens is 8. The highest BCUT2D eigenvalue weighted by Gasteiger charge is 2.32. The Kier molecular flexibility index (Phi) is 8.47. The number of ether oxygens (including phenoxy) is 1.